The molecule has 0 spiro atoms. The van der Waals surface area contributed by atoms with Crippen LogP contribution >= 0.6 is 0 Å². The maximum Gasteiger partial charge on any atom is 0.315 e. The number of hydrogen-bond donors (Lipinski definition) is 2. The summed E-state index contributed by atoms with van der Waals surface area (Å²) in [5.74, 6) is 1.68. The Bertz CT molecular complexity index is 286. The van der Waals surface area contributed by atoms with Crippen LogP contribution in [0.1, 0.15) is 57.8 Å². The van der Waals surface area contributed by atoms with E-state index in [1.807, 2.05) is 0 Å². The zero-order valence-corrected chi connectivity index (χ0v) is 10.6. The fourth-order valence-corrected chi connectivity index (χ4v) is 4.06. The Morgan fingerprint density at radius 2 is 1.71 bits per heavy atom. The van der Waals surface area contributed by atoms with Crippen molar-refractivity contribution >= 4 is 6.03 Å². The van der Waals surface area contributed by atoms with Crippen molar-refractivity contribution in [2.45, 2.75) is 69.9 Å². The van der Waals surface area contributed by atoms with Gasteiger partial charge in [-0.1, -0.05) is 25.7 Å². The van der Waals surface area contributed by atoms with Crippen LogP contribution in [0, 0.1) is 11.8 Å². The molecule has 17 heavy (non-hydrogen) atoms. The lowest BCUT2D eigenvalue weighted by Gasteiger charge is -2.26. The molecule has 2 N–H and O–H groups in total. The molecule has 0 aromatic carbocycles. The Hall–Kier alpha value is -0.730. The molecule has 0 unspecified atom stereocenters. The average molecular weight is 236 g/mol. The van der Waals surface area contributed by atoms with Crippen molar-refractivity contribution in [1.82, 2.24) is 10.6 Å². The smallest absolute Gasteiger partial charge is 0.315 e. The van der Waals surface area contributed by atoms with Gasteiger partial charge in [-0.3, -0.25) is 0 Å². The van der Waals surface area contributed by atoms with E-state index >= 15 is 0 Å². The monoisotopic (exact) mass is 236 g/mol. The topological polar surface area (TPSA) is 41.1 Å². The van der Waals surface area contributed by atoms with Crippen molar-refractivity contribution in [2.75, 3.05) is 0 Å². The highest BCUT2D eigenvalue weighted by molar-refractivity contribution is 5.74. The van der Waals surface area contributed by atoms with Crippen LogP contribution in [0.4, 0.5) is 4.79 Å². The van der Waals surface area contributed by atoms with Gasteiger partial charge in [-0.15, -0.1) is 0 Å². The van der Waals surface area contributed by atoms with Crippen LogP contribution < -0.4 is 10.6 Å². The first kappa shape index (κ1) is 11.4. The molecule has 0 radical (unpaired) electrons. The lowest BCUT2D eigenvalue weighted by atomic mass is 9.95. The van der Waals surface area contributed by atoms with E-state index in [4.69, 9.17) is 0 Å². The van der Waals surface area contributed by atoms with E-state index in [2.05, 4.69) is 10.6 Å². The zero-order valence-electron chi connectivity index (χ0n) is 10.6. The number of amides is 2. The summed E-state index contributed by atoms with van der Waals surface area (Å²) in [5.41, 5.74) is 0. The number of nitrogens with one attached hydrogen (secondary N) is 2. The summed E-state index contributed by atoms with van der Waals surface area (Å²) in [4.78, 5) is 11.9. The predicted molar refractivity (Wildman–Crippen MR) is 67.8 cm³/mol. The third-order valence-corrected chi connectivity index (χ3v) is 4.99. The van der Waals surface area contributed by atoms with E-state index in [0.29, 0.717) is 12.1 Å². The van der Waals surface area contributed by atoms with Gasteiger partial charge in [0, 0.05) is 12.1 Å². The van der Waals surface area contributed by atoms with Crippen LogP contribution in [0.25, 0.3) is 0 Å². The average Bonchev–Trinajstić information content (AvgIpc) is 2.92. The normalized spacial score (nSPS) is 37.1. The molecule has 2 bridgehead atoms. The van der Waals surface area contributed by atoms with E-state index < -0.39 is 0 Å². The maximum absolute atomic E-state index is 11.9. The van der Waals surface area contributed by atoms with Crippen LogP contribution in [-0.2, 0) is 0 Å². The molecule has 0 aromatic rings. The highest BCUT2D eigenvalue weighted by Crippen LogP contribution is 2.44. The minimum atomic E-state index is 0.0921. The molecule has 2 amide bonds. The first-order chi connectivity index (χ1) is 8.31. The van der Waals surface area contributed by atoms with Crippen LogP contribution in [0.2, 0.25) is 0 Å². The van der Waals surface area contributed by atoms with Gasteiger partial charge in [0.15, 0.2) is 0 Å². The zero-order chi connectivity index (χ0) is 11.7. The molecule has 0 aromatic heterocycles. The van der Waals surface area contributed by atoms with Gasteiger partial charge in [0.05, 0.1) is 0 Å². The Morgan fingerprint density at radius 1 is 0.882 bits per heavy atom. The van der Waals surface area contributed by atoms with Crippen LogP contribution in [-0.4, -0.2) is 18.1 Å². The van der Waals surface area contributed by atoms with Crippen molar-refractivity contribution in [3.05, 3.63) is 0 Å². The molecule has 0 aliphatic heterocycles. The summed E-state index contributed by atoms with van der Waals surface area (Å²) in [6, 6.07) is 0.995. The minimum Gasteiger partial charge on any atom is -0.335 e. The second-order valence-corrected chi connectivity index (χ2v) is 6.23. The van der Waals surface area contributed by atoms with Crippen LogP contribution in [0.3, 0.4) is 0 Å². The summed E-state index contributed by atoms with van der Waals surface area (Å²) in [6.07, 6.45) is 11.5. The lowest BCUT2D eigenvalue weighted by Crippen LogP contribution is -2.48. The number of hydrogen-bond acceptors (Lipinski definition) is 1. The molecule has 3 aliphatic carbocycles. The van der Waals surface area contributed by atoms with Gasteiger partial charge < -0.3 is 10.6 Å². The molecule has 3 saturated carbocycles. The molecule has 3 rings (SSSR count). The summed E-state index contributed by atoms with van der Waals surface area (Å²) < 4.78 is 0. The molecule has 3 aliphatic rings. The highest BCUT2D eigenvalue weighted by Gasteiger charge is 2.40. The van der Waals surface area contributed by atoms with Crippen molar-refractivity contribution in [2.24, 2.45) is 11.8 Å². The molecule has 3 atom stereocenters. The van der Waals surface area contributed by atoms with E-state index in [1.165, 1.54) is 57.8 Å². The summed E-state index contributed by atoms with van der Waals surface area (Å²) in [7, 11) is 0. The van der Waals surface area contributed by atoms with Crippen molar-refractivity contribution in [3.8, 4) is 0 Å². The summed E-state index contributed by atoms with van der Waals surface area (Å²) in [6.45, 7) is 0. The lowest BCUT2D eigenvalue weighted by molar-refractivity contribution is 0.223. The molecule has 3 nitrogen and oxygen atoms in total. The number of fused-ring (bicyclic) bond motifs is 2. The Labute approximate surface area is 104 Å². The maximum atomic E-state index is 11.9. The van der Waals surface area contributed by atoms with Gasteiger partial charge >= 0.3 is 6.03 Å². The third-order valence-electron chi connectivity index (χ3n) is 4.99. The van der Waals surface area contributed by atoms with Crippen molar-refractivity contribution in [1.29, 1.82) is 0 Å². The van der Waals surface area contributed by atoms with Gasteiger partial charge in [-0.25, -0.2) is 4.79 Å². The summed E-state index contributed by atoms with van der Waals surface area (Å²) >= 11 is 0. The molecule has 96 valence electrons. The van der Waals surface area contributed by atoms with Gasteiger partial charge in [-0.05, 0) is 43.9 Å². The first-order valence-electron chi connectivity index (χ1n) is 7.38. The SMILES string of the molecule is O=C(NC1CCCCC1)N[C@H]1C[C@H]2CC[C@H]1C2. The van der Waals surface area contributed by atoms with Crippen LogP contribution in [0.15, 0.2) is 0 Å². The van der Waals surface area contributed by atoms with Crippen molar-refractivity contribution in [3.63, 3.8) is 0 Å². The molecule has 0 saturated heterocycles. The standard InChI is InChI=1S/C14H24N2O/c17-14(15-12-4-2-1-3-5-12)16-13-9-10-6-7-11(13)8-10/h10-13H,1-9H2,(H2,15,16,17)/t10-,11-,13-/m0/s1. The molecule has 3 fully saturated rings. The highest BCUT2D eigenvalue weighted by atomic mass is 16.2. The second kappa shape index (κ2) is 4.87. The predicted octanol–water partition coefficient (Wildman–Crippen LogP) is 2.81. The van der Waals surface area contributed by atoms with Gasteiger partial charge in [-0.2, -0.15) is 0 Å². The minimum absolute atomic E-state index is 0.0921. The van der Waals surface area contributed by atoms with E-state index in [-0.39, 0.29) is 6.03 Å². The Kier molecular flexibility index (Phi) is 3.26. The number of rotatable bonds is 2. The van der Waals surface area contributed by atoms with Crippen molar-refractivity contribution < 1.29 is 4.79 Å². The van der Waals surface area contributed by atoms with Gasteiger partial charge in [0.1, 0.15) is 0 Å². The fraction of sp³-hybridized carbons (Fsp3) is 0.929. The number of carbonyl (C=O) groups excluding carboxylic acids is 1. The quantitative estimate of drug-likeness (QED) is 0.760. The molecule has 0 heterocycles. The molecular weight excluding hydrogens is 212 g/mol. The van der Waals surface area contributed by atoms with Crippen LogP contribution in [0.5, 0.6) is 0 Å². The number of urea groups is 1. The molecular formula is C14H24N2O. The summed E-state index contributed by atoms with van der Waals surface area (Å²) in [5, 5.41) is 6.36. The Morgan fingerprint density at radius 3 is 2.35 bits per heavy atom. The van der Waals surface area contributed by atoms with Gasteiger partial charge in [0.25, 0.3) is 0 Å². The van der Waals surface area contributed by atoms with E-state index in [9.17, 15) is 4.79 Å². The third kappa shape index (κ3) is 2.58. The van der Waals surface area contributed by atoms with E-state index in [0.717, 1.165) is 11.8 Å². The molecule has 3 heteroatoms. The van der Waals surface area contributed by atoms with E-state index in [1.54, 1.807) is 0 Å². The largest absolute Gasteiger partial charge is 0.335 e. The number of carbonyl (C=O) groups is 1. The fourth-order valence-electron chi connectivity index (χ4n) is 4.06. The van der Waals surface area contributed by atoms with Gasteiger partial charge in [0.2, 0.25) is 0 Å². The second-order valence-electron chi connectivity index (χ2n) is 6.23. The Balaban J connectivity index is 1.44. The first-order valence-corrected chi connectivity index (χ1v) is 7.38.